The summed E-state index contributed by atoms with van der Waals surface area (Å²) in [7, 11) is 3.62. The molecule has 0 aliphatic carbocycles. The summed E-state index contributed by atoms with van der Waals surface area (Å²) in [4.78, 5) is 14.7. The van der Waals surface area contributed by atoms with Crippen LogP contribution < -0.4 is 10.1 Å². The third-order valence-electron chi connectivity index (χ3n) is 4.64. The number of para-hydroxylation sites is 1. The van der Waals surface area contributed by atoms with Crippen molar-refractivity contribution in [2.45, 2.75) is 46.1 Å². The van der Waals surface area contributed by atoms with Crippen molar-refractivity contribution in [1.29, 1.82) is 0 Å². The molecule has 0 saturated heterocycles. The Morgan fingerprint density at radius 2 is 1.63 bits per heavy atom. The van der Waals surface area contributed by atoms with E-state index in [0.29, 0.717) is 24.9 Å². The summed E-state index contributed by atoms with van der Waals surface area (Å²) >= 11 is 0. The fourth-order valence-electron chi connectivity index (χ4n) is 3.26. The number of hydrogen-bond acceptors (Lipinski definition) is 3. The largest absolute Gasteiger partial charge is 0.497 e. The SMILES string of the molecule is COc1cccc(CN(C)CC(=O)Nc2c(C(C)C)cccc2C(C)C)c1. The minimum atomic E-state index is 0.00963. The molecule has 0 radical (unpaired) electrons. The first kappa shape index (κ1) is 21.0. The van der Waals surface area contributed by atoms with Crippen molar-refractivity contribution in [3.8, 4) is 5.75 Å². The van der Waals surface area contributed by atoms with E-state index >= 15 is 0 Å². The molecule has 0 heterocycles. The van der Waals surface area contributed by atoms with Crippen molar-refractivity contribution in [2.24, 2.45) is 0 Å². The van der Waals surface area contributed by atoms with Gasteiger partial charge in [0.25, 0.3) is 0 Å². The smallest absolute Gasteiger partial charge is 0.238 e. The van der Waals surface area contributed by atoms with Gasteiger partial charge in [-0.3, -0.25) is 9.69 Å². The van der Waals surface area contributed by atoms with Crippen LogP contribution in [0.3, 0.4) is 0 Å². The molecule has 2 aromatic carbocycles. The molecule has 1 amide bonds. The van der Waals surface area contributed by atoms with Crippen molar-refractivity contribution in [3.63, 3.8) is 0 Å². The molecule has 4 heteroatoms. The number of rotatable bonds is 8. The van der Waals surface area contributed by atoms with Gasteiger partial charge < -0.3 is 10.1 Å². The number of nitrogens with one attached hydrogen (secondary N) is 1. The Balaban J connectivity index is 2.08. The predicted molar refractivity (Wildman–Crippen MR) is 113 cm³/mol. The molecule has 1 N–H and O–H groups in total. The standard InChI is InChI=1S/C23H32N2O2/c1-16(2)20-11-8-12-21(17(3)4)23(20)24-22(26)15-25(5)14-18-9-7-10-19(13-18)27-6/h7-13,16-17H,14-15H2,1-6H3,(H,24,26). The average Bonchev–Trinajstić information content (AvgIpc) is 2.61. The van der Waals surface area contributed by atoms with Crippen LogP contribution >= 0.6 is 0 Å². The topological polar surface area (TPSA) is 41.6 Å². The summed E-state index contributed by atoms with van der Waals surface area (Å²) in [5.74, 6) is 1.55. The average molecular weight is 369 g/mol. The lowest BCUT2D eigenvalue weighted by Gasteiger charge is -2.22. The Kier molecular flexibility index (Phi) is 7.43. The number of carbonyl (C=O) groups is 1. The van der Waals surface area contributed by atoms with E-state index in [9.17, 15) is 4.79 Å². The maximum absolute atomic E-state index is 12.7. The lowest BCUT2D eigenvalue weighted by molar-refractivity contribution is -0.117. The van der Waals surface area contributed by atoms with Crippen LogP contribution in [0, 0.1) is 0 Å². The van der Waals surface area contributed by atoms with Crippen molar-refractivity contribution < 1.29 is 9.53 Å². The monoisotopic (exact) mass is 368 g/mol. The number of nitrogens with zero attached hydrogens (tertiary/aromatic N) is 1. The molecule has 146 valence electrons. The summed E-state index contributed by atoms with van der Waals surface area (Å²) < 4.78 is 5.27. The van der Waals surface area contributed by atoms with Gasteiger partial charge in [0.05, 0.1) is 13.7 Å². The zero-order valence-corrected chi connectivity index (χ0v) is 17.4. The Hall–Kier alpha value is -2.33. The summed E-state index contributed by atoms with van der Waals surface area (Å²) in [6.07, 6.45) is 0. The highest BCUT2D eigenvalue weighted by Crippen LogP contribution is 2.32. The molecule has 2 aromatic rings. The molecule has 0 fully saturated rings. The first-order chi connectivity index (χ1) is 12.8. The highest BCUT2D eigenvalue weighted by atomic mass is 16.5. The van der Waals surface area contributed by atoms with Gasteiger partial charge in [-0.25, -0.2) is 0 Å². The number of benzene rings is 2. The van der Waals surface area contributed by atoms with E-state index in [1.54, 1.807) is 7.11 Å². The van der Waals surface area contributed by atoms with Crippen LogP contribution in [0.25, 0.3) is 0 Å². The minimum Gasteiger partial charge on any atom is -0.497 e. The van der Waals surface area contributed by atoms with Gasteiger partial charge in [0, 0.05) is 12.2 Å². The third-order valence-corrected chi connectivity index (χ3v) is 4.64. The molecular formula is C23H32N2O2. The van der Waals surface area contributed by atoms with E-state index in [0.717, 1.165) is 17.0 Å². The summed E-state index contributed by atoms with van der Waals surface area (Å²) in [5, 5.41) is 3.18. The Labute approximate surface area is 163 Å². The molecule has 2 rings (SSSR count). The lowest BCUT2D eigenvalue weighted by Crippen LogP contribution is -2.30. The molecule has 0 saturated carbocycles. The van der Waals surface area contributed by atoms with Gasteiger partial charge in [-0.1, -0.05) is 58.0 Å². The van der Waals surface area contributed by atoms with Gasteiger partial charge in [-0.15, -0.1) is 0 Å². The molecule has 0 aliphatic rings. The van der Waals surface area contributed by atoms with Gasteiger partial charge in [-0.2, -0.15) is 0 Å². The normalized spacial score (nSPS) is 11.3. The lowest BCUT2D eigenvalue weighted by atomic mass is 9.92. The van der Waals surface area contributed by atoms with Crippen LogP contribution in [0.5, 0.6) is 5.75 Å². The fraction of sp³-hybridized carbons (Fsp3) is 0.435. The van der Waals surface area contributed by atoms with Gasteiger partial charge in [0.2, 0.25) is 5.91 Å². The number of carbonyl (C=O) groups excluding carboxylic acids is 1. The highest BCUT2D eigenvalue weighted by Gasteiger charge is 2.16. The second kappa shape index (κ2) is 9.56. The van der Waals surface area contributed by atoms with Crippen molar-refractivity contribution in [2.75, 3.05) is 26.0 Å². The fourth-order valence-corrected chi connectivity index (χ4v) is 3.26. The first-order valence-corrected chi connectivity index (χ1v) is 9.56. The zero-order chi connectivity index (χ0) is 20.0. The molecule has 27 heavy (non-hydrogen) atoms. The van der Waals surface area contributed by atoms with Crippen LogP contribution in [-0.4, -0.2) is 31.5 Å². The Morgan fingerprint density at radius 3 is 2.19 bits per heavy atom. The quantitative estimate of drug-likeness (QED) is 0.712. The number of hydrogen-bond donors (Lipinski definition) is 1. The second-order valence-corrected chi connectivity index (χ2v) is 7.69. The van der Waals surface area contributed by atoms with E-state index in [1.165, 1.54) is 11.1 Å². The maximum Gasteiger partial charge on any atom is 0.238 e. The van der Waals surface area contributed by atoms with Gasteiger partial charge in [0.15, 0.2) is 0 Å². The van der Waals surface area contributed by atoms with Crippen LogP contribution in [0.4, 0.5) is 5.69 Å². The molecule has 0 atom stereocenters. The Morgan fingerprint density at radius 1 is 1.04 bits per heavy atom. The maximum atomic E-state index is 12.7. The summed E-state index contributed by atoms with van der Waals surface area (Å²) in [6.45, 7) is 9.65. The molecule has 4 nitrogen and oxygen atoms in total. The number of amides is 1. The molecule has 0 spiro atoms. The predicted octanol–water partition coefficient (Wildman–Crippen LogP) is 5.01. The summed E-state index contributed by atoms with van der Waals surface area (Å²) in [5.41, 5.74) is 4.47. The Bertz CT molecular complexity index is 742. The zero-order valence-electron chi connectivity index (χ0n) is 17.4. The van der Waals surface area contributed by atoms with E-state index in [2.05, 4.69) is 51.2 Å². The van der Waals surface area contributed by atoms with E-state index in [1.807, 2.05) is 36.2 Å². The van der Waals surface area contributed by atoms with Gasteiger partial charge >= 0.3 is 0 Å². The molecule has 0 aromatic heterocycles. The van der Waals surface area contributed by atoms with Gasteiger partial charge in [-0.05, 0) is 47.7 Å². The van der Waals surface area contributed by atoms with E-state index < -0.39 is 0 Å². The van der Waals surface area contributed by atoms with Crippen LogP contribution in [0.15, 0.2) is 42.5 Å². The molecule has 0 bridgehead atoms. The van der Waals surface area contributed by atoms with Crippen LogP contribution in [-0.2, 0) is 11.3 Å². The van der Waals surface area contributed by atoms with Crippen LogP contribution in [0.2, 0.25) is 0 Å². The van der Waals surface area contributed by atoms with Crippen molar-refractivity contribution in [3.05, 3.63) is 59.2 Å². The summed E-state index contributed by atoms with van der Waals surface area (Å²) in [6, 6.07) is 14.2. The number of ether oxygens (including phenoxy) is 1. The van der Waals surface area contributed by atoms with E-state index in [-0.39, 0.29) is 5.91 Å². The number of methoxy groups -OCH3 is 1. The van der Waals surface area contributed by atoms with Crippen molar-refractivity contribution in [1.82, 2.24) is 4.90 Å². The number of likely N-dealkylation sites (N-methyl/N-ethyl adjacent to an activating group) is 1. The molecule has 0 aliphatic heterocycles. The molecular weight excluding hydrogens is 336 g/mol. The van der Waals surface area contributed by atoms with E-state index in [4.69, 9.17) is 4.74 Å². The second-order valence-electron chi connectivity index (χ2n) is 7.69. The highest BCUT2D eigenvalue weighted by molar-refractivity contribution is 5.94. The third kappa shape index (κ3) is 5.83. The van der Waals surface area contributed by atoms with Gasteiger partial charge in [0.1, 0.15) is 5.75 Å². The first-order valence-electron chi connectivity index (χ1n) is 9.56. The van der Waals surface area contributed by atoms with Crippen LogP contribution in [0.1, 0.15) is 56.2 Å². The molecule has 0 unspecified atom stereocenters. The van der Waals surface area contributed by atoms with Crippen molar-refractivity contribution >= 4 is 11.6 Å². The minimum absolute atomic E-state index is 0.00963. The number of anilines is 1.